The lowest BCUT2D eigenvalue weighted by Crippen LogP contribution is -2.40. The Morgan fingerprint density at radius 2 is 1.86 bits per heavy atom. The lowest BCUT2D eigenvalue weighted by Gasteiger charge is -2.30. The molecule has 1 atom stereocenters. The molecule has 1 aliphatic heterocycles. The summed E-state index contributed by atoms with van der Waals surface area (Å²) in [5, 5.41) is 6.37. The maximum absolute atomic E-state index is 15.0. The third-order valence-electron chi connectivity index (χ3n) is 6.85. The normalized spacial score (nSPS) is 14.8. The summed E-state index contributed by atoms with van der Waals surface area (Å²) >= 11 is 0. The van der Waals surface area contributed by atoms with Gasteiger partial charge in [0.15, 0.2) is 11.6 Å². The predicted octanol–water partition coefficient (Wildman–Crippen LogP) is 4.77. The number of aromatic nitrogens is 5. The van der Waals surface area contributed by atoms with Gasteiger partial charge < -0.3 is 15.2 Å². The van der Waals surface area contributed by atoms with E-state index in [-0.39, 0.29) is 23.2 Å². The highest BCUT2D eigenvalue weighted by Crippen LogP contribution is 2.30. The van der Waals surface area contributed by atoms with Gasteiger partial charge in [-0.05, 0) is 58.5 Å². The third kappa shape index (κ3) is 5.03. The number of rotatable bonds is 7. The van der Waals surface area contributed by atoms with Crippen LogP contribution in [-0.4, -0.2) is 55.6 Å². The molecule has 3 aromatic heterocycles. The highest BCUT2D eigenvalue weighted by atomic mass is 19.1. The first kappa shape index (κ1) is 25.2. The lowest BCUT2D eigenvalue weighted by atomic mass is 10.1. The molecule has 2 N–H and O–H groups in total. The van der Waals surface area contributed by atoms with Gasteiger partial charge in [-0.25, -0.2) is 28.7 Å². The molecular formula is C27H32F2N8. The number of halogens is 2. The minimum Gasteiger partial charge on any atom is -0.326 e. The van der Waals surface area contributed by atoms with Gasteiger partial charge in [-0.1, -0.05) is 6.07 Å². The van der Waals surface area contributed by atoms with E-state index in [0.717, 1.165) is 37.9 Å². The Kier molecular flexibility index (Phi) is 6.87. The number of nitrogens with zero attached hydrogens (tertiary/aromatic N) is 6. The third-order valence-corrected chi connectivity index (χ3v) is 6.85. The van der Waals surface area contributed by atoms with E-state index < -0.39 is 11.6 Å². The van der Waals surface area contributed by atoms with Crippen LogP contribution in [-0.2, 0) is 13.0 Å². The zero-order valence-electron chi connectivity index (χ0n) is 21.8. The second kappa shape index (κ2) is 10.1. The van der Waals surface area contributed by atoms with Gasteiger partial charge in [-0.2, -0.15) is 0 Å². The quantitative estimate of drug-likeness (QED) is 0.374. The number of benzene rings is 1. The van der Waals surface area contributed by atoms with E-state index in [4.69, 9.17) is 4.98 Å². The molecule has 0 bridgehead atoms. The maximum atomic E-state index is 15.0. The van der Waals surface area contributed by atoms with Crippen molar-refractivity contribution < 1.29 is 8.78 Å². The van der Waals surface area contributed by atoms with Crippen molar-refractivity contribution in [1.29, 1.82) is 0 Å². The highest BCUT2D eigenvalue weighted by Gasteiger charge is 2.21. The van der Waals surface area contributed by atoms with Crippen LogP contribution in [0.15, 0.2) is 30.5 Å². The molecule has 0 saturated carbocycles. The van der Waals surface area contributed by atoms with Crippen LogP contribution in [0.4, 0.5) is 20.5 Å². The Morgan fingerprint density at radius 1 is 1.05 bits per heavy atom. The SMILES string of the molecule is CN[C@H](C)CN1CCc2nc(Nc3ncc(F)c(-c4cc(F)c5nc(C)n(C(C)C)c5c4)n3)ccc2C1. The summed E-state index contributed by atoms with van der Waals surface area (Å²) in [6.07, 6.45) is 1.94. The zero-order chi connectivity index (χ0) is 26.3. The summed E-state index contributed by atoms with van der Waals surface area (Å²) in [7, 11) is 1.97. The first-order chi connectivity index (χ1) is 17.7. The molecule has 8 nitrogen and oxygen atoms in total. The van der Waals surface area contributed by atoms with Gasteiger partial charge in [-0.15, -0.1) is 0 Å². The summed E-state index contributed by atoms with van der Waals surface area (Å²) in [6.45, 7) is 10.8. The Balaban J connectivity index is 1.42. The average molecular weight is 507 g/mol. The van der Waals surface area contributed by atoms with Crippen molar-refractivity contribution in [1.82, 2.24) is 34.7 Å². The zero-order valence-corrected chi connectivity index (χ0v) is 21.8. The van der Waals surface area contributed by atoms with E-state index >= 15 is 0 Å². The van der Waals surface area contributed by atoms with E-state index in [9.17, 15) is 8.78 Å². The summed E-state index contributed by atoms with van der Waals surface area (Å²) in [5.74, 6) is 0.328. The molecule has 4 heterocycles. The number of likely N-dealkylation sites (N-methyl/N-ethyl adjacent to an activating group) is 1. The Bertz CT molecular complexity index is 1450. The number of pyridine rings is 1. The predicted molar refractivity (Wildman–Crippen MR) is 141 cm³/mol. The summed E-state index contributed by atoms with van der Waals surface area (Å²) in [6, 6.07) is 7.43. The van der Waals surface area contributed by atoms with Crippen LogP contribution < -0.4 is 10.6 Å². The Hall–Kier alpha value is -3.50. The van der Waals surface area contributed by atoms with Crippen molar-refractivity contribution in [2.45, 2.75) is 52.7 Å². The number of anilines is 2. The van der Waals surface area contributed by atoms with Crippen molar-refractivity contribution >= 4 is 22.8 Å². The van der Waals surface area contributed by atoms with E-state index in [0.29, 0.717) is 28.8 Å². The molecule has 0 saturated heterocycles. The average Bonchev–Trinajstić information content (AvgIpc) is 3.21. The highest BCUT2D eigenvalue weighted by molar-refractivity contribution is 5.83. The van der Waals surface area contributed by atoms with Crippen LogP contribution in [0.1, 0.15) is 43.9 Å². The molecule has 10 heteroatoms. The molecule has 194 valence electrons. The first-order valence-corrected chi connectivity index (χ1v) is 12.6. The Labute approximate surface area is 215 Å². The molecule has 0 aliphatic carbocycles. The molecule has 0 unspecified atom stereocenters. The van der Waals surface area contributed by atoms with Crippen LogP contribution >= 0.6 is 0 Å². The van der Waals surface area contributed by atoms with E-state index in [1.807, 2.05) is 38.5 Å². The molecular weight excluding hydrogens is 474 g/mol. The molecule has 4 aromatic rings. The first-order valence-electron chi connectivity index (χ1n) is 12.6. The van der Waals surface area contributed by atoms with Crippen LogP contribution in [0, 0.1) is 18.6 Å². The number of imidazole rings is 1. The van der Waals surface area contributed by atoms with Crippen LogP contribution in [0.2, 0.25) is 0 Å². The Morgan fingerprint density at radius 3 is 2.62 bits per heavy atom. The van der Waals surface area contributed by atoms with Crippen LogP contribution in [0.3, 0.4) is 0 Å². The van der Waals surface area contributed by atoms with Crippen LogP contribution in [0.25, 0.3) is 22.3 Å². The summed E-state index contributed by atoms with van der Waals surface area (Å²) in [4.78, 5) is 20.0. The molecule has 0 amide bonds. The number of aryl methyl sites for hydroxylation is 1. The molecule has 0 spiro atoms. The minimum atomic E-state index is -0.633. The fraction of sp³-hybridized carbons (Fsp3) is 0.407. The largest absolute Gasteiger partial charge is 0.326 e. The van der Waals surface area contributed by atoms with Gasteiger partial charge in [0, 0.05) is 49.4 Å². The number of nitrogens with one attached hydrogen (secondary N) is 2. The van der Waals surface area contributed by atoms with Crippen molar-refractivity contribution in [3.63, 3.8) is 0 Å². The van der Waals surface area contributed by atoms with Crippen molar-refractivity contribution in [2.24, 2.45) is 0 Å². The minimum absolute atomic E-state index is 0.0136. The molecule has 5 rings (SSSR count). The van der Waals surface area contributed by atoms with Gasteiger partial charge in [0.1, 0.15) is 22.9 Å². The van der Waals surface area contributed by atoms with Crippen molar-refractivity contribution in [2.75, 3.05) is 25.5 Å². The number of hydrogen-bond acceptors (Lipinski definition) is 7. The second-order valence-corrected chi connectivity index (χ2v) is 9.94. The van der Waals surface area contributed by atoms with Gasteiger partial charge in [-0.3, -0.25) is 4.90 Å². The standard InChI is InChI=1S/C27H32F2N8/c1-15(2)37-17(4)32-26-20(28)10-19(11-23(26)37)25-21(29)12-31-27(35-25)34-24-7-6-18-14-36(13-16(3)30-5)9-8-22(18)33-24/h6-7,10-12,15-16,30H,8-9,13-14H2,1-5H3,(H,31,33,34,35)/t16-/m1/s1. The van der Waals surface area contributed by atoms with Crippen LogP contribution in [0.5, 0.6) is 0 Å². The molecule has 1 aliphatic rings. The smallest absolute Gasteiger partial charge is 0.229 e. The maximum Gasteiger partial charge on any atom is 0.229 e. The monoisotopic (exact) mass is 506 g/mol. The summed E-state index contributed by atoms with van der Waals surface area (Å²) < 4.78 is 31.7. The fourth-order valence-electron chi connectivity index (χ4n) is 4.98. The van der Waals surface area contributed by atoms with Gasteiger partial charge in [0.05, 0.1) is 11.7 Å². The van der Waals surface area contributed by atoms with Gasteiger partial charge >= 0.3 is 0 Å². The second-order valence-electron chi connectivity index (χ2n) is 9.94. The fourth-order valence-corrected chi connectivity index (χ4v) is 4.98. The van der Waals surface area contributed by atoms with E-state index in [1.165, 1.54) is 11.6 Å². The lowest BCUT2D eigenvalue weighted by molar-refractivity contribution is 0.231. The molecule has 37 heavy (non-hydrogen) atoms. The van der Waals surface area contributed by atoms with Gasteiger partial charge in [0.25, 0.3) is 0 Å². The molecule has 1 aromatic carbocycles. The van der Waals surface area contributed by atoms with Crippen molar-refractivity contribution in [3.05, 3.63) is 59.2 Å². The summed E-state index contributed by atoms with van der Waals surface area (Å²) in [5.41, 5.74) is 3.43. The number of hydrogen-bond donors (Lipinski definition) is 2. The van der Waals surface area contributed by atoms with E-state index in [2.05, 4.69) is 43.5 Å². The van der Waals surface area contributed by atoms with Gasteiger partial charge in [0.2, 0.25) is 5.95 Å². The topological polar surface area (TPSA) is 83.8 Å². The molecule has 0 radical (unpaired) electrons. The van der Waals surface area contributed by atoms with Crippen molar-refractivity contribution in [3.8, 4) is 11.3 Å². The number of fused-ring (bicyclic) bond motifs is 2. The van der Waals surface area contributed by atoms with E-state index in [1.54, 1.807) is 6.07 Å². The molecule has 0 fully saturated rings.